The Morgan fingerprint density at radius 1 is 1.21 bits per heavy atom. The van der Waals surface area contributed by atoms with Gasteiger partial charge in [0.2, 0.25) is 0 Å². The Balaban J connectivity index is 1.83. The minimum absolute atomic E-state index is 0.0153. The van der Waals surface area contributed by atoms with E-state index in [2.05, 4.69) is 14.4 Å². The van der Waals surface area contributed by atoms with Crippen LogP contribution >= 0.6 is 11.8 Å². The third-order valence-electron chi connectivity index (χ3n) is 4.26. The number of fused-ring (bicyclic) bond motifs is 1. The van der Waals surface area contributed by atoms with Gasteiger partial charge in [-0.3, -0.25) is 4.55 Å². The Hall–Kier alpha value is -1.71. The average Bonchev–Trinajstić information content (AvgIpc) is 3.08. The summed E-state index contributed by atoms with van der Waals surface area (Å²) in [7, 11) is -4.87. The highest BCUT2D eigenvalue weighted by atomic mass is 32.3. The zero-order valence-electron chi connectivity index (χ0n) is 14.8. The van der Waals surface area contributed by atoms with Gasteiger partial charge in [-0.25, -0.2) is 4.28 Å². The van der Waals surface area contributed by atoms with E-state index in [-0.39, 0.29) is 11.5 Å². The number of thioether (sulfide) groups is 1. The van der Waals surface area contributed by atoms with Gasteiger partial charge >= 0.3 is 10.4 Å². The number of ether oxygens (including phenoxy) is 1. The smallest absolute Gasteiger partial charge is 0.394 e. The Labute approximate surface area is 169 Å². The number of H-pyrrole nitrogens is 1. The number of aliphatic hydroxyl groups excluding tert-OH is 4. The van der Waals surface area contributed by atoms with Crippen LogP contribution in [0.4, 0.5) is 0 Å². The topological polar surface area (TPSA) is 182 Å². The molecule has 0 amide bonds. The van der Waals surface area contributed by atoms with Gasteiger partial charge in [0, 0.05) is 17.6 Å². The van der Waals surface area contributed by atoms with Gasteiger partial charge in [-0.05, 0) is 17.5 Å². The molecule has 1 aliphatic rings. The van der Waals surface area contributed by atoms with Crippen LogP contribution in [0.1, 0.15) is 5.69 Å². The predicted octanol–water partition coefficient (Wildman–Crippen LogP) is -0.624. The van der Waals surface area contributed by atoms with Gasteiger partial charge in [0.1, 0.15) is 34.9 Å². The molecule has 0 saturated carbocycles. The lowest BCUT2D eigenvalue weighted by atomic mass is 10.0. The molecule has 0 radical (unpaired) electrons. The number of aromatic nitrogens is 1. The molecule has 11 nitrogen and oxygen atoms in total. The largest absolute Gasteiger partial charge is 0.466 e. The SMILES string of the molecule is O=S(=O)(O)O/N=C(/Cc1cc2ccccc2[nH]1)SC1OC(CO)C(O)C(O)C1O. The van der Waals surface area contributed by atoms with E-state index in [1.54, 1.807) is 6.07 Å². The van der Waals surface area contributed by atoms with Gasteiger partial charge in [0.15, 0.2) is 0 Å². The Bertz CT molecular complexity index is 943. The first-order chi connectivity index (χ1) is 13.7. The highest BCUT2D eigenvalue weighted by Crippen LogP contribution is 2.30. The number of rotatable bonds is 6. The lowest BCUT2D eigenvalue weighted by Gasteiger charge is -2.39. The van der Waals surface area contributed by atoms with Crippen molar-refractivity contribution in [3.05, 3.63) is 36.0 Å². The molecule has 0 aliphatic carbocycles. The number of nitrogens with zero attached hydrogens (tertiary/aromatic N) is 1. The first-order valence-electron chi connectivity index (χ1n) is 8.44. The zero-order chi connectivity index (χ0) is 21.2. The van der Waals surface area contributed by atoms with E-state index < -0.39 is 46.9 Å². The highest BCUT2D eigenvalue weighted by Gasteiger charge is 2.44. The van der Waals surface area contributed by atoms with Crippen LogP contribution in [0.25, 0.3) is 10.9 Å². The Morgan fingerprint density at radius 2 is 1.93 bits per heavy atom. The minimum Gasteiger partial charge on any atom is -0.394 e. The monoisotopic (exact) mass is 448 g/mol. The second-order valence-corrected chi connectivity index (χ2v) is 8.54. The van der Waals surface area contributed by atoms with Crippen LogP contribution in [0.2, 0.25) is 0 Å². The van der Waals surface area contributed by atoms with Gasteiger partial charge in [0.05, 0.1) is 6.61 Å². The fraction of sp³-hybridized carbons (Fsp3) is 0.438. The molecule has 5 atom stereocenters. The van der Waals surface area contributed by atoms with Crippen LogP contribution in [0, 0.1) is 0 Å². The van der Waals surface area contributed by atoms with Gasteiger partial charge in [-0.2, -0.15) is 8.42 Å². The van der Waals surface area contributed by atoms with Crippen molar-refractivity contribution in [2.45, 2.75) is 36.3 Å². The number of oxime groups is 1. The predicted molar refractivity (Wildman–Crippen MR) is 103 cm³/mol. The van der Waals surface area contributed by atoms with Crippen LogP contribution in [0.3, 0.4) is 0 Å². The van der Waals surface area contributed by atoms with Crippen molar-refractivity contribution >= 4 is 38.1 Å². The summed E-state index contributed by atoms with van der Waals surface area (Å²) in [6.45, 7) is -0.613. The standard InChI is InChI=1S/C16H20N2O9S2/c19-7-11-13(20)14(21)15(22)16(26-11)28-12(18-27-29(23,24)25)6-9-5-8-3-1-2-4-10(8)17-9/h1-5,11,13-17,19-22H,6-7H2,(H,23,24,25)/b18-12-. The second kappa shape index (κ2) is 8.97. The normalized spacial score (nSPS) is 28.6. The Kier molecular flexibility index (Phi) is 6.80. The lowest BCUT2D eigenvalue weighted by molar-refractivity contribution is -0.205. The van der Waals surface area contributed by atoms with E-state index in [9.17, 15) is 28.8 Å². The van der Waals surface area contributed by atoms with Crippen LogP contribution in [-0.2, 0) is 25.8 Å². The minimum atomic E-state index is -4.87. The van der Waals surface area contributed by atoms with Crippen LogP contribution in [0.15, 0.2) is 35.5 Å². The van der Waals surface area contributed by atoms with E-state index in [0.29, 0.717) is 5.69 Å². The Morgan fingerprint density at radius 3 is 2.59 bits per heavy atom. The van der Waals surface area contributed by atoms with Crippen molar-refractivity contribution in [1.29, 1.82) is 0 Å². The van der Waals surface area contributed by atoms with Gasteiger partial charge in [0.25, 0.3) is 0 Å². The van der Waals surface area contributed by atoms with Crippen molar-refractivity contribution in [3.8, 4) is 0 Å². The molecular weight excluding hydrogens is 428 g/mol. The van der Waals surface area contributed by atoms with Crippen molar-refractivity contribution in [1.82, 2.24) is 4.98 Å². The van der Waals surface area contributed by atoms with E-state index in [1.807, 2.05) is 24.3 Å². The van der Waals surface area contributed by atoms with E-state index in [1.165, 1.54) is 0 Å². The fourth-order valence-electron chi connectivity index (χ4n) is 2.87. The number of hydrogen-bond acceptors (Lipinski definition) is 10. The van der Waals surface area contributed by atoms with Crippen molar-refractivity contribution in [2.75, 3.05) is 6.61 Å². The quantitative estimate of drug-likeness (QED) is 0.144. The molecule has 160 valence electrons. The number of hydrogen-bond donors (Lipinski definition) is 6. The number of para-hydroxylation sites is 1. The maximum atomic E-state index is 10.9. The average molecular weight is 448 g/mol. The fourth-order valence-corrected chi connectivity index (χ4v) is 4.19. The van der Waals surface area contributed by atoms with Crippen molar-refractivity contribution in [3.63, 3.8) is 0 Å². The summed E-state index contributed by atoms with van der Waals surface area (Å²) in [6.07, 6.45) is -5.81. The molecule has 6 N–H and O–H groups in total. The molecule has 1 fully saturated rings. The lowest BCUT2D eigenvalue weighted by Crippen LogP contribution is -2.57. The van der Waals surface area contributed by atoms with Gasteiger partial charge < -0.3 is 30.1 Å². The molecule has 2 aromatic rings. The van der Waals surface area contributed by atoms with Crippen LogP contribution in [0.5, 0.6) is 0 Å². The molecule has 3 rings (SSSR count). The molecule has 2 heterocycles. The zero-order valence-corrected chi connectivity index (χ0v) is 16.5. The summed E-state index contributed by atoms with van der Waals surface area (Å²) in [4.78, 5) is 3.11. The molecule has 5 unspecified atom stereocenters. The van der Waals surface area contributed by atoms with Crippen molar-refractivity contribution < 1.29 is 42.4 Å². The van der Waals surface area contributed by atoms with Gasteiger partial charge in [-0.15, -0.1) is 0 Å². The third-order valence-corrected chi connectivity index (χ3v) is 5.64. The molecule has 13 heteroatoms. The third kappa shape index (κ3) is 5.46. The summed E-state index contributed by atoms with van der Waals surface area (Å²) in [5.41, 5.74) is 0.259. The molecule has 29 heavy (non-hydrogen) atoms. The number of aliphatic hydroxyl groups is 4. The first-order valence-corrected chi connectivity index (χ1v) is 10.7. The van der Waals surface area contributed by atoms with E-state index >= 15 is 0 Å². The molecular formula is C16H20N2O9S2. The molecule has 0 bridgehead atoms. The summed E-state index contributed by atoms with van der Waals surface area (Å²) >= 11 is 0.719. The van der Waals surface area contributed by atoms with Crippen LogP contribution < -0.4 is 0 Å². The number of nitrogens with one attached hydrogen (secondary N) is 1. The summed E-state index contributed by atoms with van der Waals surface area (Å²) in [6, 6.07) is 9.19. The first kappa shape index (κ1) is 22.0. The summed E-state index contributed by atoms with van der Waals surface area (Å²) in [5.74, 6) is 0. The van der Waals surface area contributed by atoms with E-state index in [4.69, 9.17) is 9.29 Å². The highest BCUT2D eigenvalue weighted by molar-refractivity contribution is 8.14. The molecule has 0 spiro atoms. The number of benzene rings is 1. The van der Waals surface area contributed by atoms with Gasteiger partial charge in [-0.1, -0.05) is 35.1 Å². The molecule has 1 aromatic carbocycles. The number of aromatic amines is 1. The maximum absolute atomic E-state index is 10.9. The maximum Gasteiger partial charge on any atom is 0.466 e. The summed E-state index contributed by atoms with van der Waals surface area (Å²) < 4.78 is 40.1. The van der Waals surface area contributed by atoms with Crippen molar-refractivity contribution in [2.24, 2.45) is 5.16 Å². The summed E-state index contributed by atoms with van der Waals surface area (Å²) in [5, 5.41) is 43.5. The van der Waals surface area contributed by atoms with E-state index in [0.717, 1.165) is 22.7 Å². The molecule has 1 saturated heterocycles. The molecule has 1 aromatic heterocycles. The second-order valence-electron chi connectivity index (χ2n) is 6.36. The van der Waals surface area contributed by atoms with Crippen LogP contribution in [-0.4, -0.2) is 79.9 Å². The molecule has 1 aliphatic heterocycles.